The van der Waals surface area contributed by atoms with Crippen LogP contribution in [0.25, 0.3) is 6.08 Å². The van der Waals surface area contributed by atoms with Crippen molar-refractivity contribution in [3.8, 4) is 17.2 Å². The first-order valence-electron chi connectivity index (χ1n) is 10.3. The Morgan fingerprint density at radius 1 is 1.00 bits per heavy atom. The average Bonchev–Trinajstić information content (AvgIpc) is 2.82. The highest BCUT2D eigenvalue weighted by atomic mass is 16.5. The number of ether oxygens (including phenoxy) is 4. The number of morpholine rings is 1. The smallest absolute Gasteiger partial charge is 0.244 e. The van der Waals surface area contributed by atoms with E-state index in [1.807, 2.05) is 0 Å². The maximum Gasteiger partial charge on any atom is 0.244 e. The van der Waals surface area contributed by atoms with E-state index in [0.717, 1.165) is 44.0 Å². The minimum atomic E-state index is -0.175. The van der Waals surface area contributed by atoms with E-state index in [1.165, 1.54) is 11.6 Å². The molecule has 0 bridgehead atoms. The molecule has 1 amide bonds. The average molecular weight is 427 g/mol. The number of nitrogens with zero attached hydrogens (tertiary/aromatic N) is 1. The zero-order valence-corrected chi connectivity index (χ0v) is 18.3. The van der Waals surface area contributed by atoms with Crippen LogP contribution in [0, 0.1) is 0 Å². The van der Waals surface area contributed by atoms with Gasteiger partial charge in [0.1, 0.15) is 0 Å². The predicted octanol–water partition coefficient (Wildman–Crippen LogP) is 2.87. The van der Waals surface area contributed by atoms with E-state index < -0.39 is 0 Å². The second kappa shape index (κ2) is 11.4. The van der Waals surface area contributed by atoms with Crippen LogP contribution in [0.5, 0.6) is 17.2 Å². The summed E-state index contributed by atoms with van der Waals surface area (Å²) in [5, 5.41) is 2.91. The van der Waals surface area contributed by atoms with Gasteiger partial charge in [-0.1, -0.05) is 24.3 Å². The van der Waals surface area contributed by atoms with E-state index in [4.69, 9.17) is 18.9 Å². The molecule has 2 aromatic carbocycles. The molecule has 166 valence electrons. The lowest BCUT2D eigenvalue weighted by Crippen LogP contribution is -2.35. The van der Waals surface area contributed by atoms with Crippen molar-refractivity contribution in [3.63, 3.8) is 0 Å². The largest absolute Gasteiger partial charge is 0.493 e. The van der Waals surface area contributed by atoms with E-state index in [9.17, 15) is 4.79 Å². The number of nitrogens with one attached hydrogen (secondary N) is 1. The number of benzene rings is 2. The fraction of sp³-hybridized carbons (Fsp3) is 0.375. The molecule has 1 heterocycles. The van der Waals surface area contributed by atoms with Crippen molar-refractivity contribution in [2.75, 3.05) is 47.6 Å². The third-order valence-corrected chi connectivity index (χ3v) is 5.11. The van der Waals surface area contributed by atoms with Crippen LogP contribution < -0.4 is 19.5 Å². The van der Waals surface area contributed by atoms with Gasteiger partial charge in [-0.25, -0.2) is 0 Å². The highest BCUT2D eigenvalue weighted by Crippen LogP contribution is 2.38. The van der Waals surface area contributed by atoms with Crippen molar-refractivity contribution in [2.45, 2.75) is 13.1 Å². The molecule has 7 heteroatoms. The van der Waals surface area contributed by atoms with Crippen LogP contribution in [0.1, 0.15) is 16.7 Å². The molecule has 0 atom stereocenters. The summed E-state index contributed by atoms with van der Waals surface area (Å²) in [6, 6.07) is 11.9. The monoisotopic (exact) mass is 426 g/mol. The van der Waals surface area contributed by atoms with E-state index in [1.54, 1.807) is 39.5 Å². The molecule has 31 heavy (non-hydrogen) atoms. The van der Waals surface area contributed by atoms with Gasteiger partial charge in [0.2, 0.25) is 11.7 Å². The van der Waals surface area contributed by atoms with Crippen molar-refractivity contribution in [3.05, 3.63) is 59.2 Å². The van der Waals surface area contributed by atoms with E-state index in [0.29, 0.717) is 23.8 Å². The standard InChI is InChI=1S/C24H30N2O5/c1-28-21-14-20(15-22(29-2)24(21)30-3)8-9-23(27)25-16-18-4-6-19(7-5-18)17-26-10-12-31-13-11-26/h4-9,14-15H,10-13,16-17H2,1-3H3,(H,25,27)/b9-8+. The first-order valence-corrected chi connectivity index (χ1v) is 10.3. The van der Waals surface area contributed by atoms with Crippen LogP contribution in [-0.2, 0) is 22.6 Å². The summed E-state index contributed by atoms with van der Waals surface area (Å²) >= 11 is 0. The number of carbonyl (C=O) groups excluding carboxylic acids is 1. The fourth-order valence-corrected chi connectivity index (χ4v) is 3.40. The summed E-state index contributed by atoms with van der Waals surface area (Å²) in [6.45, 7) is 4.93. The number of rotatable bonds is 9. The molecular formula is C24H30N2O5. The highest BCUT2D eigenvalue weighted by Gasteiger charge is 2.12. The van der Waals surface area contributed by atoms with Crippen LogP contribution in [-0.4, -0.2) is 58.4 Å². The van der Waals surface area contributed by atoms with Gasteiger partial charge < -0.3 is 24.3 Å². The number of carbonyl (C=O) groups is 1. The second-order valence-corrected chi connectivity index (χ2v) is 7.21. The van der Waals surface area contributed by atoms with Crippen molar-refractivity contribution < 1.29 is 23.7 Å². The van der Waals surface area contributed by atoms with Crippen molar-refractivity contribution in [1.29, 1.82) is 0 Å². The van der Waals surface area contributed by atoms with Gasteiger partial charge in [-0.15, -0.1) is 0 Å². The van der Waals surface area contributed by atoms with Gasteiger partial charge in [0.15, 0.2) is 11.5 Å². The van der Waals surface area contributed by atoms with Gasteiger partial charge in [-0.2, -0.15) is 0 Å². The lowest BCUT2D eigenvalue weighted by molar-refractivity contribution is -0.116. The minimum Gasteiger partial charge on any atom is -0.493 e. The van der Waals surface area contributed by atoms with Crippen molar-refractivity contribution in [1.82, 2.24) is 10.2 Å². The summed E-state index contributed by atoms with van der Waals surface area (Å²) in [4.78, 5) is 14.6. The SMILES string of the molecule is COc1cc(/C=C/C(=O)NCc2ccc(CN3CCOCC3)cc2)cc(OC)c1OC. The molecule has 0 saturated carbocycles. The molecule has 1 saturated heterocycles. The molecule has 0 unspecified atom stereocenters. The number of amides is 1. The summed E-state index contributed by atoms with van der Waals surface area (Å²) in [5.74, 6) is 1.42. The van der Waals surface area contributed by atoms with Gasteiger partial charge in [0, 0.05) is 32.3 Å². The van der Waals surface area contributed by atoms with Gasteiger partial charge >= 0.3 is 0 Å². The van der Waals surface area contributed by atoms with E-state index in [-0.39, 0.29) is 5.91 Å². The van der Waals surface area contributed by atoms with E-state index >= 15 is 0 Å². The quantitative estimate of drug-likeness (QED) is 0.622. The summed E-state index contributed by atoms with van der Waals surface area (Å²) in [5.41, 5.74) is 3.09. The van der Waals surface area contributed by atoms with Crippen LogP contribution in [0.2, 0.25) is 0 Å². The van der Waals surface area contributed by atoms with Gasteiger partial charge in [0.25, 0.3) is 0 Å². The second-order valence-electron chi connectivity index (χ2n) is 7.21. The fourth-order valence-electron chi connectivity index (χ4n) is 3.40. The third-order valence-electron chi connectivity index (χ3n) is 5.11. The minimum absolute atomic E-state index is 0.175. The van der Waals surface area contributed by atoms with Gasteiger partial charge in [-0.3, -0.25) is 9.69 Å². The molecule has 2 aromatic rings. The molecule has 0 aliphatic carbocycles. The van der Waals surface area contributed by atoms with Crippen LogP contribution in [0.3, 0.4) is 0 Å². The molecule has 0 radical (unpaired) electrons. The van der Waals surface area contributed by atoms with Crippen LogP contribution >= 0.6 is 0 Å². The lowest BCUT2D eigenvalue weighted by Gasteiger charge is -2.26. The number of hydrogen-bond donors (Lipinski definition) is 1. The van der Waals surface area contributed by atoms with Gasteiger partial charge in [-0.05, 0) is 34.9 Å². The van der Waals surface area contributed by atoms with Crippen LogP contribution in [0.15, 0.2) is 42.5 Å². The Bertz CT molecular complexity index is 864. The zero-order valence-electron chi connectivity index (χ0n) is 18.3. The number of hydrogen-bond acceptors (Lipinski definition) is 6. The Morgan fingerprint density at radius 2 is 1.61 bits per heavy atom. The molecule has 1 N–H and O–H groups in total. The first kappa shape index (κ1) is 22.7. The Balaban J connectivity index is 1.53. The highest BCUT2D eigenvalue weighted by molar-refractivity contribution is 5.91. The molecular weight excluding hydrogens is 396 g/mol. The molecule has 1 aliphatic rings. The van der Waals surface area contributed by atoms with Crippen molar-refractivity contribution in [2.24, 2.45) is 0 Å². The Labute approximate surface area is 183 Å². The number of methoxy groups -OCH3 is 3. The molecule has 1 fully saturated rings. The maximum atomic E-state index is 12.2. The van der Waals surface area contributed by atoms with Gasteiger partial charge in [0.05, 0.1) is 34.5 Å². The first-order chi connectivity index (χ1) is 15.1. The normalized spacial score (nSPS) is 14.4. The molecule has 7 nitrogen and oxygen atoms in total. The van der Waals surface area contributed by atoms with Crippen LogP contribution in [0.4, 0.5) is 0 Å². The maximum absolute atomic E-state index is 12.2. The predicted molar refractivity (Wildman–Crippen MR) is 120 cm³/mol. The topological polar surface area (TPSA) is 69.3 Å². The molecule has 0 aromatic heterocycles. The Morgan fingerprint density at radius 3 is 2.19 bits per heavy atom. The Hall–Kier alpha value is -3.03. The lowest BCUT2D eigenvalue weighted by atomic mass is 10.1. The Kier molecular flexibility index (Phi) is 8.32. The molecule has 3 rings (SSSR count). The molecule has 0 spiro atoms. The molecule has 1 aliphatic heterocycles. The van der Waals surface area contributed by atoms with E-state index in [2.05, 4.69) is 34.5 Å². The van der Waals surface area contributed by atoms with Crippen molar-refractivity contribution >= 4 is 12.0 Å². The summed E-state index contributed by atoms with van der Waals surface area (Å²) in [6.07, 6.45) is 3.21. The summed E-state index contributed by atoms with van der Waals surface area (Å²) < 4.78 is 21.4. The summed E-state index contributed by atoms with van der Waals surface area (Å²) in [7, 11) is 4.67. The zero-order chi connectivity index (χ0) is 22.1. The third kappa shape index (κ3) is 6.47.